The molecule has 2 N–H and O–H groups in total. The number of anilines is 1. The monoisotopic (exact) mass is 318 g/mol. The summed E-state index contributed by atoms with van der Waals surface area (Å²) in [4.78, 5) is 0. The Morgan fingerprint density at radius 2 is 1.86 bits per heavy atom. The van der Waals surface area contributed by atoms with Crippen LogP contribution < -0.4 is 5.73 Å². The zero-order valence-electron chi connectivity index (χ0n) is 12.0. The Bertz CT molecular complexity index is 715. The summed E-state index contributed by atoms with van der Waals surface area (Å²) in [6, 6.07) is 11.3. The van der Waals surface area contributed by atoms with Crippen molar-refractivity contribution in [2.45, 2.75) is 20.3 Å². The molecule has 0 saturated heterocycles. The second-order valence-corrected chi connectivity index (χ2v) is 6.19. The molecular formula is C17H16Cl2N2. The predicted molar refractivity (Wildman–Crippen MR) is 89.6 cm³/mol. The second-order valence-electron chi connectivity index (χ2n) is 5.37. The highest BCUT2D eigenvalue weighted by Gasteiger charge is 2.18. The summed E-state index contributed by atoms with van der Waals surface area (Å²) >= 11 is 12.6. The molecule has 0 radical (unpaired) electrons. The van der Waals surface area contributed by atoms with E-state index in [2.05, 4.69) is 19.9 Å². The normalized spacial score (nSPS) is 10.7. The van der Waals surface area contributed by atoms with Gasteiger partial charge in [0.05, 0.1) is 16.3 Å². The summed E-state index contributed by atoms with van der Waals surface area (Å²) in [6.45, 7) is 4.20. The molecule has 0 heterocycles. The van der Waals surface area contributed by atoms with Gasteiger partial charge in [-0.05, 0) is 30.0 Å². The largest absolute Gasteiger partial charge is 0.397 e. The fourth-order valence-corrected chi connectivity index (χ4v) is 2.93. The Hall–Kier alpha value is -1.69. The van der Waals surface area contributed by atoms with Gasteiger partial charge in [-0.25, -0.2) is 0 Å². The molecule has 0 bridgehead atoms. The smallest absolute Gasteiger partial charge is 0.102 e. The molecule has 2 rings (SSSR count). The molecule has 21 heavy (non-hydrogen) atoms. The average Bonchev–Trinajstić information content (AvgIpc) is 2.42. The molecule has 0 aliphatic carbocycles. The van der Waals surface area contributed by atoms with Crippen LogP contribution in [0.25, 0.3) is 11.1 Å². The van der Waals surface area contributed by atoms with Crippen molar-refractivity contribution in [2.24, 2.45) is 5.92 Å². The van der Waals surface area contributed by atoms with Crippen LogP contribution in [0.15, 0.2) is 30.3 Å². The lowest BCUT2D eigenvalue weighted by Crippen LogP contribution is -2.04. The Balaban J connectivity index is 2.72. The Morgan fingerprint density at radius 1 is 1.19 bits per heavy atom. The molecule has 0 aliphatic heterocycles. The van der Waals surface area contributed by atoms with Crippen molar-refractivity contribution in [3.8, 4) is 17.2 Å². The van der Waals surface area contributed by atoms with E-state index in [9.17, 15) is 5.26 Å². The summed E-state index contributed by atoms with van der Waals surface area (Å²) in [7, 11) is 0. The number of nitrogens with zero attached hydrogens (tertiary/aromatic N) is 1. The molecule has 2 aromatic carbocycles. The number of nitriles is 1. The highest BCUT2D eigenvalue weighted by atomic mass is 35.5. The maximum absolute atomic E-state index is 9.50. The Kier molecular flexibility index (Phi) is 4.77. The van der Waals surface area contributed by atoms with Crippen molar-refractivity contribution in [2.75, 3.05) is 5.73 Å². The standard InChI is InChI=1S/C17H16Cl2N2/c1-10(2)7-11-8-15(19)16(13(9-20)17(11)21)12-5-3-4-6-14(12)18/h3-6,8,10H,7,21H2,1-2H3. The maximum atomic E-state index is 9.50. The van der Waals surface area contributed by atoms with Crippen molar-refractivity contribution in [3.05, 3.63) is 51.5 Å². The summed E-state index contributed by atoms with van der Waals surface area (Å²) in [5.74, 6) is 0.432. The van der Waals surface area contributed by atoms with E-state index >= 15 is 0 Å². The molecule has 0 saturated carbocycles. The third-order valence-corrected chi connectivity index (χ3v) is 3.92. The molecule has 0 aromatic heterocycles. The minimum atomic E-state index is 0.395. The number of nitrogens with two attached hydrogens (primary N) is 1. The summed E-state index contributed by atoms with van der Waals surface area (Å²) in [5, 5.41) is 10.6. The molecule has 108 valence electrons. The van der Waals surface area contributed by atoms with E-state index in [4.69, 9.17) is 28.9 Å². The van der Waals surface area contributed by atoms with E-state index in [1.165, 1.54) is 0 Å². The third kappa shape index (κ3) is 3.15. The van der Waals surface area contributed by atoms with Gasteiger partial charge in [0, 0.05) is 16.1 Å². The first-order valence-corrected chi connectivity index (χ1v) is 7.47. The third-order valence-electron chi connectivity index (χ3n) is 3.29. The first-order chi connectivity index (χ1) is 9.95. The van der Waals surface area contributed by atoms with Crippen LogP contribution in [0.1, 0.15) is 25.0 Å². The van der Waals surface area contributed by atoms with E-state index < -0.39 is 0 Å². The van der Waals surface area contributed by atoms with Gasteiger partial charge in [-0.1, -0.05) is 55.2 Å². The van der Waals surface area contributed by atoms with Gasteiger partial charge in [0.2, 0.25) is 0 Å². The van der Waals surface area contributed by atoms with Crippen molar-refractivity contribution in [1.29, 1.82) is 5.26 Å². The van der Waals surface area contributed by atoms with Gasteiger partial charge >= 0.3 is 0 Å². The van der Waals surface area contributed by atoms with Crippen LogP contribution >= 0.6 is 23.2 Å². The van der Waals surface area contributed by atoms with Crippen LogP contribution in [0.3, 0.4) is 0 Å². The molecule has 0 atom stereocenters. The number of hydrogen-bond acceptors (Lipinski definition) is 2. The summed E-state index contributed by atoms with van der Waals surface area (Å²) in [6.07, 6.45) is 0.781. The summed E-state index contributed by atoms with van der Waals surface area (Å²) < 4.78 is 0. The molecule has 2 aromatic rings. The van der Waals surface area contributed by atoms with Crippen molar-refractivity contribution in [1.82, 2.24) is 0 Å². The van der Waals surface area contributed by atoms with Gasteiger partial charge in [-0.15, -0.1) is 0 Å². The van der Waals surface area contributed by atoms with Gasteiger partial charge in [0.25, 0.3) is 0 Å². The summed E-state index contributed by atoms with van der Waals surface area (Å²) in [5.41, 5.74) is 9.30. The lowest BCUT2D eigenvalue weighted by Gasteiger charge is -2.16. The van der Waals surface area contributed by atoms with Gasteiger partial charge < -0.3 is 5.73 Å². The lowest BCUT2D eigenvalue weighted by molar-refractivity contribution is 0.648. The number of benzene rings is 2. The maximum Gasteiger partial charge on any atom is 0.102 e. The first-order valence-electron chi connectivity index (χ1n) is 6.71. The SMILES string of the molecule is CC(C)Cc1cc(Cl)c(-c2ccccc2Cl)c(C#N)c1N. The highest BCUT2D eigenvalue weighted by molar-refractivity contribution is 6.37. The number of hydrogen-bond donors (Lipinski definition) is 1. The number of halogens is 2. The minimum Gasteiger partial charge on any atom is -0.397 e. The lowest BCUT2D eigenvalue weighted by atomic mass is 9.92. The molecule has 4 heteroatoms. The quantitative estimate of drug-likeness (QED) is 0.779. The fourth-order valence-electron chi connectivity index (χ4n) is 2.37. The van der Waals surface area contributed by atoms with Crippen LogP contribution in [-0.2, 0) is 6.42 Å². The van der Waals surface area contributed by atoms with Gasteiger partial charge in [0.15, 0.2) is 0 Å². The van der Waals surface area contributed by atoms with E-state index in [-0.39, 0.29) is 0 Å². The van der Waals surface area contributed by atoms with Crippen LogP contribution in [0.5, 0.6) is 0 Å². The van der Waals surface area contributed by atoms with Crippen molar-refractivity contribution < 1.29 is 0 Å². The van der Waals surface area contributed by atoms with Gasteiger partial charge in [-0.3, -0.25) is 0 Å². The van der Waals surface area contributed by atoms with Crippen LogP contribution in [-0.4, -0.2) is 0 Å². The Morgan fingerprint density at radius 3 is 2.43 bits per heavy atom. The van der Waals surface area contributed by atoms with Crippen LogP contribution in [0.4, 0.5) is 5.69 Å². The fraction of sp³-hybridized carbons (Fsp3) is 0.235. The minimum absolute atomic E-state index is 0.395. The second kappa shape index (κ2) is 6.39. The Labute approximate surface area is 135 Å². The molecule has 0 aliphatic rings. The van der Waals surface area contributed by atoms with E-state index in [1.54, 1.807) is 6.07 Å². The number of nitrogen functional groups attached to an aromatic ring is 1. The van der Waals surface area contributed by atoms with Gasteiger partial charge in [-0.2, -0.15) is 5.26 Å². The predicted octanol–water partition coefficient (Wildman–Crippen LogP) is 5.31. The number of rotatable bonds is 3. The molecule has 0 spiro atoms. The highest BCUT2D eigenvalue weighted by Crippen LogP contribution is 2.40. The molecule has 0 unspecified atom stereocenters. The molecule has 2 nitrogen and oxygen atoms in total. The zero-order chi connectivity index (χ0) is 15.6. The van der Waals surface area contributed by atoms with Crippen molar-refractivity contribution in [3.63, 3.8) is 0 Å². The van der Waals surface area contributed by atoms with E-state index in [1.807, 2.05) is 24.3 Å². The van der Waals surface area contributed by atoms with Gasteiger partial charge in [0.1, 0.15) is 6.07 Å². The molecule has 0 amide bonds. The van der Waals surface area contributed by atoms with Crippen molar-refractivity contribution >= 4 is 28.9 Å². The molecular weight excluding hydrogens is 303 g/mol. The first kappa shape index (κ1) is 15.7. The molecule has 0 fully saturated rings. The topological polar surface area (TPSA) is 49.8 Å². The van der Waals surface area contributed by atoms with Crippen LogP contribution in [0, 0.1) is 17.2 Å². The average molecular weight is 319 g/mol. The van der Waals surface area contributed by atoms with E-state index in [0.29, 0.717) is 32.8 Å². The van der Waals surface area contributed by atoms with E-state index in [0.717, 1.165) is 17.5 Å². The van der Waals surface area contributed by atoms with Crippen LogP contribution in [0.2, 0.25) is 10.0 Å². The zero-order valence-corrected chi connectivity index (χ0v) is 13.5.